The highest BCUT2D eigenvalue weighted by molar-refractivity contribution is 7.90. The van der Waals surface area contributed by atoms with Gasteiger partial charge in [-0.15, -0.1) is 10.2 Å². The molecule has 0 saturated heterocycles. The van der Waals surface area contributed by atoms with Crippen LogP contribution in [-0.2, 0) is 30.3 Å². The summed E-state index contributed by atoms with van der Waals surface area (Å²) in [6.45, 7) is 17.2. The Morgan fingerprint density at radius 2 is 1.59 bits per heavy atom. The number of ether oxygens (including phenoxy) is 1. The molecule has 0 bridgehead atoms. The summed E-state index contributed by atoms with van der Waals surface area (Å²) in [7, 11) is -8.42. The average Bonchev–Trinajstić information content (AvgIpc) is 3.52. The lowest BCUT2D eigenvalue weighted by atomic mass is 9.72. The highest BCUT2D eigenvalue weighted by Crippen LogP contribution is 2.39. The highest BCUT2D eigenvalue weighted by atomic mass is 32.2. The van der Waals surface area contributed by atoms with E-state index in [4.69, 9.17) is 4.74 Å². The molecular formula is C32H44N6O6S2. The summed E-state index contributed by atoms with van der Waals surface area (Å²) >= 11 is 0. The summed E-state index contributed by atoms with van der Waals surface area (Å²) in [5.74, 6) is -0.505. The van der Waals surface area contributed by atoms with Gasteiger partial charge in [0.2, 0.25) is 10.0 Å². The van der Waals surface area contributed by atoms with Crippen LogP contribution in [0.4, 0.5) is 0 Å². The molecule has 0 spiro atoms. The number of amides is 1. The molecule has 250 valence electrons. The molecule has 2 aromatic heterocycles. The van der Waals surface area contributed by atoms with Crippen LogP contribution < -0.4 is 14.2 Å². The normalized spacial score (nSPS) is 13.7. The molecule has 1 atom stereocenters. The second-order valence-electron chi connectivity index (χ2n) is 13.9. The molecule has 3 N–H and O–H groups in total. The first-order valence-electron chi connectivity index (χ1n) is 15.0. The minimum atomic E-state index is -4.27. The summed E-state index contributed by atoms with van der Waals surface area (Å²) in [6.07, 6.45) is 0.755. The SMILES string of the molecule is Cc1ccc(S(=O)(=O)NC(=O)COc2ccc(C(C)(C)CC(C)(C)C)cc2S(=O)(=O)NC(C)c2nnc3cc(C(C)C)[nH]n23)cc1. The molecule has 12 nitrogen and oxygen atoms in total. The predicted molar refractivity (Wildman–Crippen MR) is 176 cm³/mol. The third kappa shape index (κ3) is 8.15. The maximum Gasteiger partial charge on any atom is 0.271 e. The third-order valence-corrected chi connectivity index (χ3v) is 10.5. The van der Waals surface area contributed by atoms with Gasteiger partial charge in [0.05, 0.1) is 10.9 Å². The van der Waals surface area contributed by atoms with Gasteiger partial charge < -0.3 is 4.74 Å². The Bertz CT molecular complexity index is 1940. The molecule has 0 aliphatic heterocycles. The standard InChI is InChI=1S/C32H44N6O6S2/c1-20(2)25-17-28-33-34-30(38(28)35-25)22(4)36-46(42,43)27-16-23(32(8,9)19-31(5,6)7)12-15-26(27)44-18-29(39)37-45(40,41)24-13-10-21(3)11-14-24/h10-17,20,22,35-36H,18-19H2,1-9H3,(H,37,39). The van der Waals surface area contributed by atoms with E-state index in [0.717, 1.165) is 23.2 Å². The molecule has 0 aliphatic carbocycles. The molecule has 2 aromatic carbocycles. The van der Waals surface area contributed by atoms with Crippen molar-refractivity contribution in [3.63, 3.8) is 0 Å². The number of benzene rings is 2. The molecule has 1 unspecified atom stereocenters. The fourth-order valence-corrected chi connectivity index (χ4v) is 7.87. The number of rotatable bonds is 12. The Labute approximate surface area is 271 Å². The number of hydrogen-bond acceptors (Lipinski definition) is 8. The first-order chi connectivity index (χ1) is 21.2. The van der Waals surface area contributed by atoms with Crippen molar-refractivity contribution < 1.29 is 26.4 Å². The van der Waals surface area contributed by atoms with E-state index >= 15 is 0 Å². The molecule has 46 heavy (non-hydrogen) atoms. The number of fused-ring (bicyclic) bond motifs is 1. The number of nitrogens with zero attached hydrogens (tertiary/aromatic N) is 3. The molecule has 0 radical (unpaired) electrons. The summed E-state index contributed by atoms with van der Waals surface area (Å²) in [5, 5.41) is 11.6. The van der Waals surface area contributed by atoms with Crippen LogP contribution in [-0.4, -0.2) is 49.2 Å². The van der Waals surface area contributed by atoms with Crippen LogP contribution in [0.2, 0.25) is 0 Å². The number of nitrogens with one attached hydrogen (secondary N) is 3. The van der Waals surface area contributed by atoms with Crippen LogP contribution in [0.15, 0.2) is 58.3 Å². The fourth-order valence-electron chi connectivity index (χ4n) is 5.53. The van der Waals surface area contributed by atoms with Crippen molar-refractivity contribution in [2.24, 2.45) is 5.41 Å². The number of aromatic amines is 1. The van der Waals surface area contributed by atoms with Gasteiger partial charge in [0, 0.05) is 11.8 Å². The molecule has 1 amide bonds. The van der Waals surface area contributed by atoms with Gasteiger partial charge >= 0.3 is 0 Å². The zero-order valence-electron chi connectivity index (χ0n) is 27.8. The molecule has 2 heterocycles. The van der Waals surface area contributed by atoms with E-state index in [1.807, 2.05) is 45.4 Å². The van der Waals surface area contributed by atoms with Crippen molar-refractivity contribution in [3.05, 3.63) is 71.2 Å². The van der Waals surface area contributed by atoms with E-state index in [1.165, 1.54) is 18.2 Å². The van der Waals surface area contributed by atoms with E-state index < -0.39 is 44.0 Å². The lowest BCUT2D eigenvalue weighted by Crippen LogP contribution is -2.35. The van der Waals surface area contributed by atoms with Crippen LogP contribution in [0, 0.1) is 12.3 Å². The Balaban J connectivity index is 1.64. The maximum atomic E-state index is 14.0. The fraction of sp³-hybridized carbons (Fsp3) is 0.469. The van der Waals surface area contributed by atoms with Crippen LogP contribution in [0.3, 0.4) is 0 Å². The number of H-pyrrole nitrogens is 1. The first kappa shape index (κ1) is 35.1. The van der Waals surface area contributed by atoms with Gasteiger partial charge in [0.15, 0.2) is 18.1 Å². The van der Waals surface area contributed by atoms with Crippen molar-refractivity contribution in [3.8, 4) is 5.75 Å². The van der Waals surface area contributed by atoms with Crippen molar-refractivity contribution in [1.29, 1.82) is 0 Å². The van der Waals surface area contributed by atoms with Gasteiger partial charge in [-0.2, -0.15) is 0 Å². The van der Waals surface area contributed by atoms with Crippen molar-refractivity contribution in [1.82, 2.24) is 29.3 Å². The maximum absolute atomic E-state index is 14.0. The lowest BCUT2D eigenvalue weighted by Gasteiger charge is -2.33. The molecular weight excluding hydrogens is 629 g/mol. The Hall–Kier alpha value is -3.75. The highest BCUT2D eigenvalue weighted by Gasteiger charge is 2.32. The number of carbonyl (C=O) groups is 1. The lowest BCUT2D eigenvalue weighted by molar-refractivity contribution is -0.121. The van der Waals surface area contributed by atoms with Crippen LogP contribution in [0.5, 0.6) is 5.75 Å². The van der Waals surface area contributed by atoms with E-state index in [-0.39, 0.29) is 26.9 Å². The first-order valence-corrected chi connectivity index (χ1v) is 18.0. The third-order valence-electron chi connectivity index (χ3n) is 7.51. The Kier molecular flexibility index (Phi) is 9.77. The average molecular weight is 673 g/mol. The van der Waals surface area contributed by atoms with Crippen molar-refractivity contribution in [2.45, 2.75) is 95.9 Å². The molecule has 0 fully saturated rings. The second kappa shape index (κ2) is 12.8. The molecule has 4 rings (SSSR count). The van der Waals surface area contributed by atoms with Gasteiger partial charge in [0.25, 0.3) is 15.9 Å². The van der Waals surface area contributed by atoms with Gasteiger partial charge in [-0.3, -0.25) is 9.89 Å². The number of sulfonamides is 2. The number of aryl methyl sites for hydroxylation is 1. The quantitative estimate of drug-likeness (QED) is 0.187. The summed E-state index contributed by atoms with van der Waals surface area (Å²) in [4.78, 5) is 12.5. The minimum Gasteiger partial charge on any atom is -0.482 e. The van der Waals surface area contributed by atoms with Crippen LogP contribution >= 0.6 is 0 Å². The van der Waals surface area contributed by atoms with Crippen LogP contribution in [0.25, 0.3) is 5.65 Å². The van der Waals surface area contributed by atoms with Gasteiger partial charge in [-0.05, 0) is 66.8 Å². The predicted octanol–water partition coefficient (Wildman–Crippen LogP) is 5.13. The Morgan fingerprint density at radius 1 is 0.935 bits per heavy atom. The summed E-state index contributed by atoms with van der Waals surface area (Å²) in [5.41, 5.74) is 2.64. The van der Waals surface area contributed by atoms with E-state index in [1.54, 1.807) is 35.7 Å². The molecule has 14 heteroatoms. The number of hydrogen-bond donors (Lipinski definition) is 3. The van der Waals surface area contributed by atoms with E-state index in [0.29, 0.717) is 11.5 Å². The van der Waals surface area contributed by atoms with Crippen LogP contribution in [0.1, 0.15) is 96.4 Å². The zero-order valence-corrected chi connectivity index (χ0v) is 29.4. The molecule has 4 aromatic rings. The topological polar surface area (TPSA) is 165 Å². The minimum absolute atomic E-state index is 0.0462. The van der Waals surface area contributed by atoms with Crippen molar-refractivity contribution >= 4 is 31.6 Å². The van der Waals surface area contributed by atoms with E-state index in [9.17, 15) is 21.6 Å². The number of carbonyl (C=O) groups excluding carboxylic acids is 1. The van der Waals surface area contributed by atoms with Gasteiger partial charge in [0.1, 0.15) is 10.6 Å². The summed E-state index contributed by atoms with van der Waals surface area (Å²) in [6, 6.07) is 11.9. The largest absolute Gasteiger partial charge is 0.482 e. The monoisotopic (exact) mass is 672 g/mol. The second-order valence-corrected chi connectivity index (χ2v) is 17.2. The Morgan fingerprint density at radius 3 is 2.20 bits per heavy atom. The molecule has 0 saturated carbocycles. The summed E-state index contributed by atoms with van der Waals surface area (Å²) < 4.78 is 65.4. The number of aromatic nitrogens is 4. The molecule has 0 aliphatic rings. The van der Waals surface area contributed by atoms with Gasteiger partial charge in [-0.25, -0.2) is 30.8 Å². The zero-order chi connectivity index (χ0) is 34.2. The smallest absolute Gasteiger partial charge is 0.271 e. The van der Waals surface area contributed by atoms with E-state index in [2.05, 4.69) is 40.8 Å². The van der Waals surface area contributed by atoms with Crippen molar-refractivity contribution in [2.75, 3.05) is 6.61 Å². The van der Waals surface area contributed by atoms with Gasteiger partial charge in [-0.1, -0.05) is 72.2 Å².